The highest BCUT2D eigenvalue weighted by Gasteiger charge is 2.47. The van der Waals surface area contributed by atoms with E-state index in [1.807, 2.05) is 37.3 Å². The molecule has 1 saturated heterocycles. The first-order chi connectivity index (χ1) is 11.6. The number of nitrogens with one attached hydrogen (secondary N) is 1. The Labute approximate surface area is 142 Å². The summed E-state index contributed by atoms with van der Waals surface area (Å²) in [5.74, 6) is -0.570. The van der Waals surface area contributed by atoms with E-state index in [-0.39, 0.29) is 48.6 Å². The molecule has 5 nitrogen and oxygen atoms in total. The van der Waals surface area contributed by atoms with Crippen molar-refractivity contribution in [2.75, 3.05) is 6.54 Å². The fraction of sp³-hybridized carbons (Fsp3) is 0.526. The van der Waals surface area contributed by atoms with Crippen LogP contribution in [0.25, 0.3) is 0 Å². The minimum Gasteiger partial charge on any atom is -0.350 e. The summed E-state index contributed by atoms with van der Waals surface area (Å²) in [7, 11) is 0. The lowest BCUT2D eigenvalue weighted by atomic mass is 9.81. The van der Waals surface area contributed by atoms with Gasteiger partial charge in [0.05, 0.1) is 17.9 Å². The number of hydrogen-bond acceptors (Lipinski definition) is 3. The van der Waals surface area contributed by atoms with E-state index in [0.29, 0.717) is 0 Å². The molecule has 1 aliphatic heterocycles. The van der Waals surface area contributed by atoms with Crippen LogP contribution < -0.4 is 5.32 Å². The van der Waals surface area contributed by atoms with Crippen LogP contribution in [-0.4, -0.2) is 29.2 Å². The van der Waals surface area contributed by atoms with Crippen molar-refractivity contribution >= 4 is 17.7 Å². The van der Waals surface area contributed by atoms with Gasteiger partial charge in [-0.05, 0) is 25.3 Å². The Balaban J connectivity index is 1.53. The maximum absolute atomic E-state index is 12.4. The van der Waals surface area contributed by atoms with E-state index in [9.17, 15) is 14.4 Å². The summed E-state index contributed by atoms with van der Waals surface area (Å²) < 4.78 is 0. The molecule has 0 spiro atoms. The number of rotatable bonds is 5. The number of likely N-dealkylation sites (tertiary alicyclic amines) is 1. The number of carbonyl (C=O) groups is 3. The van der Waals surface area contributed by atoms with E-state index in [4.69, 9.17) is 0 Å². The zero-order valence-electron chi connectivity index (χ0n) is 14.0. The summed E-state index contributed by atoms with van der Waals surface area (Å²) in [5, 5.41) is 2.92. The van der Waals surface area contributed by atoms with Gasteiger partial charge in [-0.1, -0.05) is 43.2 Å². The van der Waals surface area contributed by atoms with E-state index in [2.05, 4.69) is 5.32 Å². The molecule has 5 heteroatoms. The number of imide groups is 1. The second kappa shape index (κ2) is 7.16. The van der Waals surface area contributed by atoms with Crippen LogP contribution in [0.2, 0.25) is 0 Å². The molecule has 0 radical (unpaired) electrons. The second-order valence-electron chi connectivity index (χ2n) is 6.78. The van der Waals surface area contributed by atoms with E-state index in [1.165, 1.54) is 4.90 Å². The standard InChI is InChI=1S/C19H24N2O3/c1-13(14-7-3-2-4-8-14)20-17(22)11-12-21-18(23)15-9-5-6-10-16(15)19(21)24/h2-4,7-8,13,15-16H,5-6,9-12H2,1H3,(H,20,22). The van der Waals surface area contributed by atoms with Gasteiger partial charge in [-0.25, -0.2) is 0 Å². The molecule has 3 atom stereocenters. The Morgan fingerprint density at radius 1 is 1.12 bits per heavy atom. The molecule has 3 unspecified atom stereocenters. The molecule has 0 bridgehead atoms. The van der Waals surface area contributed by atoms with Gasteiger partial charge in [0.1, 0.15) is 0 Å². The van der Waals surface area contributed by atoms with Gasteiger partial charge in [-0.15, -0.1) is 0 Å². The van der Waals surface area contributed by atoms with Crippen LogP contribution in [0.5, 0.6) is 0 Å². The first-order valence-electron chi connectivity index (χ1n) is 8.77. The lowest BCUT2D eigenvalue weighted by Gasteiger charge is -2.19. The Kier molecular flexibility index (Phi) is 4.97. The van der Waals surface area contributed by atoms with Crippen LogP contribution in [0, 0.1) is 11.8 Å². The molecule has 1 saturated carbocycles. The summed E-state index contributed by atoms with van der Waals surface area (Å²) in [5.41, 5.74) is 1.03. The largest absolute Gasteiger partial charge is 0.350 e. The van der Waals surface area contributed by atoms with Gasteiger partial charge in [0.15, 0.2) is 0 Å². The van der Waals surface area contributed by atoms with Crippen LogP contribution >= 0.6 is 0 Å². The molecule has 1 aromatic carbocycles. The maximum atomic E-state index is 12.4. The zero-order valence-corrected chi connectivity index (χ0v) is 14.0. The van der Waals surface area contributed by atoms with Gasteiger partial charge in [0.2, 0.25) is 17.7 Å². The van der Waals surface area contributed by atoms with Gasteiger partial charge in [0, 0.05) is 13.0 Å². The third kappa shape index (κ3) is 3.35. The summed E-state index contributed by atoms with van der Waals surface area (Å²) in [6, 6.07) is 9.63. The predicted molar refractivity (Wildman–Crippen MR) is 89.8 cm³/mol. The zero-order chi connectivity index (χ0) is 17.1. The molecule has 1 N–H and O–H groups in total. The van der Waals surface area contributed by atoms with Gasteiger partial charge < -0.3 is 5.32 Å². The number of benzene rings is 1. The van der Waals surface area contributed by atoms with Crippen LogP contribution in [0.4, 0.5) is 0 Å². The SMILES string of the molecule is CC(NC(=O)CCN1C(=O)C2CCCCC2C1=O)c1ccccc1. The molecule has 1 heterocycles. The predicted octanol–water partition coefficient (Wildman–Crippen LogP) is 2.43. The summed E-state index contributed by atoms with van der Waals surface area (Å²) in [6.07, 6.45) is 3.81. The number of fused-ring (bicyclic) bond motifs is 1. The second-order valence-corrected chi connectivity index (χ2v) is 6.78. The van der Waals surface area contributed by atoms with Crippen molar-refractivity contribution in [1.29, 1.82) is 0 Å². The first kappa shape index (κ1) is 16.7. The number of carbonyl (C=O) groups excluding carboxylic acids is 3. The van der Waals surface area contributed by atoms with Crippen molar-refractivity contribution in [1.82, 2.24) is 10.2 Å². The van der Waals surface area contributed by atoms with Gasteiger partial charge >= 0.3 is 0 Å². The Bertz CT molecular complexity index is 605. The minimum atomic E-state index is -0.141. The molecular weight excluding hydrogens is 304 g/mol. The molecule has 24 heavy (non-hydrogen) atoms. The fourth-order valence-corrected chi connectivity index (χ4v) is 3.80. The minimum absolute atomic E-state index is 0.0754. The highest BCUT2D eigenvalue weighted by atomic mass is 16.2. The molecule has 3 amide bonds. The highest BCUT2D eigenvalue weighted by molar-refractivity contribution is 6.05. The average Bonchev–Trinajstić information content (AvgIpc) is 2.85. The maximum Gasteiger partial charge on any atom is 0.233 e. The Hall–Kier alpha value is -2.17. The van der Waals surface area contributed by atoms with Gasteiger partial charge in [-0.2, -0.15) is 0 Å². The number of amides is 3. The van der Waals surface area contributed by atoms with E-state index < -0.39 is 0 Å². The van der Waals surface area contributed by atoms with Crippen molar-refractivity contribution in [3.05, 3.63) is 35.9 Å². The molecule has 128 valence electrons. The topological polar surface area (TPSA) is 66.5 Å². The number of nitrogens with zero attached hydrogens (tertiary/aromatic N) is 1. The molecule has 2 fully saturated rings. The third-order valence-electron chi connectivity index (χ3n) is 5.17. The van der Waals surface area contributed by atoms with E-state index >= 15 is 0 Å². The molecule has 1 aromatic rings. The summed E-state index contributed by atoms with van der Waals surface area (Å²) >= 11 is 0. The van der Waals surface area contributed by atoms with Crippen molar-refractivity contribution in [3.8, 4) is 0 Å². The summed E-state index contributed by atoms with van der Waals surface area (Å²) in [4.78, 5) is 38.2. The van der Waals surface area contributed by atoms with Crippen molar-refractivity contribution in [2.45, 2.75) is 45.1 Å². The van der Waals surface area contributed by atoms with Crippen LogP contribution in [-0.2, 0) is 14.4 Å². The normalized spacial score (nSPS) is 24.6. The third-order valence-corrected chi connectivity index (χ3v) is 5.17. The molecule has 0 aromatic heterocycles. The van der Waals surface area contributed by atoms with E-state index in [0.717, 1.165) is 31.2 Å². The molecule has 1 aliphatic carbocycles. The van der Waals surface area contributed by atoms with E-state index in [1.54, 1.807) is 0 Å². The smallest absolute Gasteiger partial charge is 0.233 e. The highest BCUT2D eigenvalue weighted by Crippen LogP contribution is 2.37. The average molecular weight is 328 g/mol. The monoisotopic (exact) mass is 328 g/mol. The van der Waals surface area contributed by atoms with Gasteiger partial charge in [-0.3, -0.25) is 19.3 Å². The van der Waals surface area contributed by atoms with Crippen molar-refractivity contribution in [2.24, 2.45) is 11.8 Å². The molecule has 3 rings (SSSR count). The van der Waals surface area contributed by atoms with Crippen LogP contribution in [0.15, 0.2) is 30.3 Å². The van der Waals surface area contributed by atoms with Gasteiger partial charge in [0.25, 0.3) is 0 Å². The molecule has 2 aliphatic rings. The Morgan fingerprint density at radius 2 is 1.71 bits per heavy atom. The fourth-order valence-electron chi connectivity index (χ4n) is 3.80. The Morgan fingerprint density at radius 3 is 2.29 bits per heavy atom. The lowest BCUT2D eigenvalue weighted by Crippen LogP contribution is -2.36. The van der Waals surface area contributed by atoms with Crippen LogP contribution in [0.1, 0.15) is 50.6 Å². The lowest BCUT2D eigenvalue weighted by molar-refractivity contribution is -0.140. The summed E-state index contributed by atoms with van der Waals surface area (Å²) in [6.45, 7) is 2.12. The van der Waals surface area contributed by atoms with Crippen LogP contribution in [0.3, 0.4) is 0 Å². The first-order valence-corrected chi connectivity index (χ1v) is 8.77. The van der Waals surface area contributed by atoms with Crippen molar-refractivity contribution < 1.29 is 14.4 Å². The quantitative estimate of drug-likeness (QED) is 0.844. The molecular formula is C19H24N2O3. The number of hydrogen-bond donors (Lipinski definition) is 1. The van der Waals surface area contributed by atoms with Crippen molar-refractivity contribution in [3.63, 3.8) is 0 Å².